The number of phosphoric acid groups is 1. The Kier molecular flexibility index (Phi) is 8.97. The van der Waals surface area contributed by atoms with Crippen molar-refractivity contribution in [3.63, 3.8) is 0 Å². The van der Waals surface area contributed by atoms with Crippen molar-refractivity contribution in [1.82, 2.24) is 0 Å². The van der Waals surface area contributed by atoms with Crippen molar-refractivity contribution in [2.75, 3.05) is 0 Å². The van der Waals surface area contributed by atoms with Gasteiger partial charge in [0.1, 0.15) is 0 Å². The van der Waals surface area contributed by atoms with E-state index >= 15 is 0 Å². The van der Waals surface area contributed by atoms with E-state index in [0.29, 0.717) is 0 Å². The fourth-order valence-electron chi connectivity index (χ4n) is 3.27. The third kappa shape index (κ3) is 7.83. The summed E-state index contributed by atoms with van der Waals surface area (Å²) in [6.45, 7) is 0. The van der Waals surface area contributed by atoms with Gasteiger partial charge in [-0.15, -0.1) is 0 Å². The van der Waals surface area contributed by atoms with Gasteiger partial charge in [0.2, 0.25) is 0 Å². The van der Waals surface area contributed by atoms with E-state index in [0.717, 1.165) is 72.8 Å². The molecule has 4 nitrogen and oxygen atoms in total. The lowest BCUT2D eigenvalue weighted by atomic mass is 10.1. The SMILES string of the molecule is O=P(OC(c1ccccc1)C(F)(F)F)(OC(c1ccccc1)C(F)(F)F)OC(c1ccccc1)C(F)(F)F. The minimum atomic E-state index is -6.33. The van der Waals surface area contributed by atoms with E-state index in [-0.39, 0.29) is 0 Å². The molecule has 0 saturated carbocycles. The normalized spacial score (nSPS) is 16.9. The molecule has 206 valence electrons. The number of hydrogen-bond acceptors (Lipinski definition) is 4. The number of hydrogen-bond donors (Lipinski definition) is 0. The predicted octanol–water partition coefficient (Wildman–Crippen LogP) is 9.06. The van der Waals surface area contributed by atoms with Gasteiger partial charge >= 0.3 is 26.4 Å². The van der Waals surface area contributed by atoms with Gasteiger partial charge in [-0.1, -0.05) is 91.0 Å². The van der Waals surface area contributed by atoms with Crippen LogP contribution in [0.5, 0.6) is 0 Å². The van der Waals surface area contributed by atoms with E-state index in [4.69, 9.17) is 0 Å². The molecule has 0 N–H and O–H groups in total. The number of halogens is 9. The molecule has 0 saturated heterocycles. The second kappa shape index (κ2) is 11.5. The second-order valence-electron chi connectivity index (χ2n) is 7.76. The van der Waals surface area contributed by atoms with Gasteiger partial charge in [-0.25, -0.2) is 4.57 Å². The van der Waals surface area contributed by atoms with Gasteiger partial charge in [-0.3, -0.25) is 13.6 Å². The molecule has 3 atom stereocenters. The molecule has 3 aromatic carbocycles. The summed E-state index contributed by atoms with van der Waals surface area (Å²) in [5.41, 5.74) is -2.29. The Morgan fingerprint density at radius 1 is 0.447 bits per heavy atom. The molecule has 38 heavy (non-hydrogen) atoms. The topological polar surface area (TPSA) is 44.8 Å². The smallest absolute Gasteiger partial charge is 0.269 e. The van der Waals surface area contributed by atoms with Crippen LogP contribution in [0.15, 0.2) is 91.0 Å². The minimum absolute atomic E-state index is 0.765. The molecule has 3 aromatic rings. The molecule has 14 heteroatoms. The molecule has 0 bridgehead atoms. The van der Waals surface area contributed by atoms with E-state index in [1.54, 1.807) is 0 Å². The fraction of sp³-hybridized carbons (Fsp3) is 0.250. The quantitative estimate of drug-likeness (QED) is 0.190. The van der Waals surface area contributed by atoms with Gasteiger partial charge in [0.05, 0.1) is 0 Å². The van der Waals surface area contributed by atoms with Crippen LogP contribution in [0.2, 0.25) is 0 Å². The second-order valence-corrected chi connectivity index (χ2v) is 9.29. The average Bonchev–Trinajstić information content (AvgIpc) is 2.84. The van der Waals surface area contributed by atoms with E-state index in [9.17, 15) is 44.1 Å². The molecule has 0 amide bonds. The van der Waals surface area contributed by atoms with Crippen LogP contribution in [0.4, 0.5) is 39.5 Å². The summed E-state index contributed by atoms with van der Waals surface area (Å²) in [5.74, 6) is 0. The molecule has 0 spiro atoms. The maximum absolute atomic E-state index is 13.9. The molecule has 0 radical (unpaired) electrons. The third-order valence-electron chi connectivity index (χ3n) is 4.90. The Balaban J connectivity index is 2.14. The lowest BCUT2D eigenvalue weighted by Crippen LogP contribution is -2.29. The minimum Gasteiger partial charge on any atom is -0.269 e. The first-order valence-corrected chi connectivity index (χ1v) is 12.1. The predicted molar refractivity (Wildman–Crippen MR) is 117 cm³/mol. The van der Waals surface area contributed by atoms with Crippen molar-refractivity contribution < 1.29 is 57.7 Å². The summed E-state index contributed by atoms with van der Waals surface area (Å²) in [6.07, 6.45) is -26.1. The first-order chi connectivity index (χ1) is 17.6. The molecule has 3 rings (SSSR count). The van der Waals surface area contributed by atoms with Gasteiger partial charge in [-0.2, -0.15) is 39.5 Å². The van der Waals surface area contributed by atoms with Crippen molar-refractivity contribution in [3.8, 4) is 0 Å². The molecule has 0 aromatic heterocycles. The third-order valence-corrected chi connectivity index (χ3v) is 6.31. The Morgan fingerprint density at radius 2 is 0.658 bits per heavy atom. The largest absolute Gasteiger partial charge is 0.477 e. The maximum Gasteiger partial charge on any atom is 0.477 e. The monoisotopic (exact) mass is 572 g/mol. The lowest BCUT2D eigenvalue weighted by Gasteiger charge is -2.32. The van der Waals surface area contributed by atoms with Crippen LogP contribution in [-0.4, -0.2) is 18.5 Å². The van der Waals surface area contributed by atoms with Gasteiger partial charge in [0.15, 0.2) is 18.3 Å². The Labute approximate surface area is 210 Å². The summed E-state index contributed by atoms with van der Waals surface area (Å²) < 4.78 is 152. The van der Waals surface area contributed by atoms with Crippen LogP contribution in [-0.2, 0) is 18.1 Å². The molecule has 0 aliphatic heterocycles. The van der Waals surface area contributed by atoms with Crippen LogP contribution < -0.4 is 0 Å². The first kappa shape index (κ1) is 29.7. The molecule has 0 heterocycles. The highest BCUT2D eigenvalue weighted by molar-refractivity contribution is 7.48. The molecule has 3 unspecified atom stereocenters. The zero-order valence-electron chi connectivity index (χ0n) is 18.9. The number of rotatable bonds is 9. The zero-order chi connectivity index (χ0) is 28.2. The molecule has 0 aliphatic carbocycles. The highest BCUT2D eigenvalue weighted by atomic mass is 31.2. The molecule has 0 aliphatic rings. The Hall–Kier alpha value is -2.86. The van der Waals surface area contributed by atoms with Crippen LogP contribution >= 0.6 is 7.82 Å². The number of benzene rings is 3. The molecular formula is C24H18F9O4P. The van der Waals surface area contributed by atoms with E-state index < -0.39 is 61.4 Å². The lowest BCUT2D eigenvalue weighted by molar-refractivity contribution is -0.233. The van der Waals surface area contributed by atoms with Gasteiger partial charge in [-0.05, 0) is 16.7 Å². The van der Waals surface area contributed by atoms with Crippen molar-refractivity contribution in [2.24, 2.45) is 0 Å². The van der Waals surface area contributed by atoms with Crippen LogP contribution in [0.3, 0.4) is 0 Å². The van der Waals surface area contributed by atoms with Crippen molar-refractivity contribution in [1.29, 1.82) is 0 Å². The van der Waals surface area contributed by atoms with Crippen molar-refractivity contribution in [2.45, 2.75) is 36.8 Å². The Bertz CT molecular complexity index is 1050. The van der Waals surface area contributed by atoms with Crippen molar-refractivity contribution in [3.05, 3.63) is 108 Å². The summed E-state index contributed by atoms with van der Waals surface area (Å²) in [6, 6.07) is 15.5. The summed E-state index contributed by atoms with van der Waals surface area (Å²) in [5, 5.41) is 0. The van der Waals surface area contributed by atoms with E-state index in [2.05, 4.69) is 13.6 Å². The first-order valence-electron chi connectivity index (χ1n) is 10.6. The summed E-state index contributed by atoms with van der Waals surface area (Å²) in [4.78, 5) is 0. The standard InChI is InChI=1S/C24H18F9O4P/c25-22(26,27)19(16-10-4-1-5-11-16)35-38(34,36-20(23(28,29)30)17-12-6-2-7-13-17)37-21(24(31,32)33)18-14-8-3-9-15-18/h1-15,19-21H. The summed E-state index contributed by atoms with van der Waals surface area (Å²) in [7, 11) is -6.33. The molecular weight excluding hydrogens is 554 g/mol. The average molecular weight is 572 g/mol. The van der Waals surface area contributed by atoms with Crippen LogP contribution in [0.1, 0.15) is 35.0 Å². The van der Waals surface area contributed by atoms with Gasteiger partial charge < -0.3 is 0 Å². The van der Waals surface area contributed by atoms with Gasteiger partial charge in [0.25, 0.3) is 0 Å². The highest BCUT2D eigenvalue weighted by Crippen LogP contribution is 2.64. The van der Waals surface area contributed by atoms with E-state index in [1.807, 2.05) is 0 Å². The number of alkyl halides is 9. The molecule has 0 fully saturated rings. The fourth-order valence-corrected chi connectivity index (χ4v) is 4.92. The van der Waals surface area contributed by atoms with Crippen LogP contribution in [0.25, 0.3) is 0 Å². The number of phosphoric ester groups is 1. The van der Waals surface area contributed by atoms with E-state index in [1.165, 1.54) is 18.2 Å². The Morgan fingerprint density at radius 3 is 0.842 bits per heavy atom. The van der Waals surface area contributed by atoms with Gasteiger partial charge in [0, 0.05) is 0 Å². The maximum atomic E-state index is 13.9. The zero-order valence-corrected chi connectivity index (χ0v) is 19.8. The van der Waals surface area contributed by atoms with Crippen molar-refractivity contribution >= 4 is 7.82 Å². The summed E-state index contributed by atoms with van der Waals surface area (Å²) >= 11 is 0. The van der Waals surface area contributed by atoms with Crippen LogP contribution in [0, 0.1) is 0 Å². The highest BCUT2D eigenvalue weighted by Gasteiger charge is 2.55.